The molecular weight excluding hydrogens is 248 g/mol. The number of carboxylic acid groups (broad SMARTS) is 1. The van der Waals surface area contributed by atoms with Gasteiger partial charge < -0.3 is 10.4 Å². The Morgan fingerprint density at radius 3 is 2.89 bits per heavy atom. The number of nitrogens with one attached hydrogen (secondary N) is 1. The van der Waals surface area contributed by atoms with Crippen LogP contribution in [0.1, 0.15) is 34.3 Å². The fourth-order valence-corrected chi connectivity index (χ4v) is 2.88. The Labute approximate surface area is 112 Å². The van der Waals surface area contributed by atoms with Crippen LogP contribution in [-0.4, -0.2) is 41.7 Å². The molecule has 1 aromatic heterocycles. The van der Waals surface area contributed by atoms with Gasteiger partial charge in [0.05, 0.1) is 0 Å². The van der Waals surface area contributed by atoms with E-state index in [-0.39, 0.29) is 0 Å². The first kappa shape index (κ1) is 13.5. The van der Waals surface area contributed by atoms with Crippen molar-refractivity contribution in [3.63, 3.8) is 0 Å². The van der Waals surface area contributed by atoms with Gasteiger partial charge in [0.15, 0.2) is 0 Å². The molecule has 0 atom stereocenters. The Kier molecular flexibility index (Phi) is 4.74. The molecule has 0 spiro atoms. The van der Waals surface area contributed by atoms with E-state index in [2.05, 4.69) is 17.1 Å². The van der Waals surface area contributed by atoms with Crippen molar-refractivity contribution in [1.29, 1.82) is 0 Å². The Bertz CT molecular complexity index is 401. The van der Waals surface area contributed by atoms with Gasteiger partial charge in [0.25, 0.3) is 0 Å². The van der Waals surface area contributed by atoms with Crippen LogP contribution < -0.4 is 5.32 Å². The maximum absolute atomic E-state index is 10.7. The Morgan fingerprint density at radius 2 is 2.33 bits per heavy atom. The number of rotatable bonds is 8. The number of carboxylic acids is 1. The van der Waals surface area contributed by atoms with E-state index in [4.69, 9.17) is 5.11 Å². The van der Waals surface area contributed by atoms with Crippen LogP contribution in [0.3, 0.4) is 0 Å². The smallest absolute Gasteiger partial charge is 0.345 e. The van der Waals surface area contributed by atoms with E-state index in [1.165, 1.54) is 24.2 Å². The topological polar surface area (TPSA) is 52.6 Å². The van der Waals surface area contributed by atoms with Crippen molar-refractivity contribution in [2.75, 3.05) is 19.6 Å². The van der Waals surface area contributed by atoms with Crippen LogP contribution in [0.4, 0.5) is 0 Å². The Morgan fingerprint density at radius 1 is 1.56 bits per heavy atom. The number of aromatic carboxylic acids is 1. The zero-order valence-corrected chi connectivity index (χ0v) is 11.5. The summed E-state index contributed by atoms with van der Waals surface area (Å²) in [4.78, 5) is 14.7. The highest BCUT2D eigenvalue weighted by Crippen LogP contribution is 2.25. The van der Waals surface area contributed by atoms with Crippen LogP contribution in [0, 0.1) is 0 Å². The molecule has 0 unspecified atom stereocenters. The van der Waals surface area contributed by atoms with Crippen molar-refractivity contribution in [3.05, 3.63) is 21.9 Å². The minimum Gasteiger partial charge on any atom is -0.477 e. The lowest BCUT2D eigenvalue weighted by molar-refractivity contribution is 0.0702. The highest BCUT2D eigenvalue weighted by molar-refractivity contribution is 7.13. The number of likely N-dealkylation sites (N-methyl/N-ethyl adjacent to an activating group) is 1. The molecule has 1 saturated carbocycles. The lowest BCUT2D eigenvalue weighted by atomic mass is 10.4. The largest absolute Gasteiger partial charge is 0.477 e. The van der Waals surface area contributed by atoms with E-state index in [0.29, 0.717) is 4.88 Å². The summed E-state index contributed by atoms with van der Waals surface area (Å²) in [5.41, 5.74) is 0. The van der Waals surface area contributed by atoms with Gasteiger partial charge in [0.1, 0.15) is 4.88 Å². The molecular formula is C13H20N2O2S. The van der Waals surface area contributed by atoms with Gasteiger partial charge in [-0.1, -0.05) is 6.92 Å². The zero-order valence-electron chi connectivity index (χ0n) is 10.7. The van der Waals surface area contributed by atoms with E-state index in [1.54, 1.807) is 6.07 Å². The number of thiophene rings is 1. The third kappa shape index (κ3) is 3.80. The first-order chi connectivity index (χ1) is 8.70. The van der Waals surface area contributed by atoms with E-state index in [1.807, 2.05) is 6.07 Å². The molecule has 0 saturated heterocycles. The Balaban J connectivity index is 1.66. The molecule has 4 nitrogen and oxygen atoms in total. The normalized spacial score (nSPS) is 15.2. The van der Waals surface area contributed by atoms with Gasteiger partial charge in [-0.3, -0.25) is 4.90 Å². The van der Waals surface area contributed by atoms with Crippen molar-refractivity contribution in [2.45, 2.75) is 32.4 Å². The maximum atomic E-state index is 10.7. The first-order valence-corrected chi connectivity index (χ1v) is 7.29. The van der Waals surface area contributed by atoms with Crippen LogP contribution in [0.2, 0.25) is 0 Å². The molecule has 1 aliphatic carbocycles. The average molecular weight is 268 g/mol. The molecule has 1 heterocycles. The van der Waals surface area contributed by atoms with Crippen molar-refractivity contribution >= 4 is 17.3 Å². The van der Waals surface area contributed by atoms with Crippen molar-refractivity contribution in [1.82, 2.24) is 10.2 Å². The number of nitrogens with zero attached hydrogens (tertiary/aromatic N) is 1. The number of carbonyl (C=O) groups is 1. The lowest BCUT2D eigenvalue weighted by Crippen LogP contribution is -2.33. The van der Waals surface area contributed by atoms with Crippen molar-refractivity contribution < 1.29 is 9.90 Å². The van der Waals surface area contributed by atoms with E-state index in [9.17, 15) is 4.79 Å². The third-order valence-electron chi connectivity index (χ3n) is 3.22. The fraction of sp³-hybridized carbons (Fsp3) is 0.615. The molecule has 0 bridgehead atoms. The van der Waals surface area contributed by atoms with Crippen molar-refractivity contribution in [2.24, 2.45) is 0 Å². The van der Waals surface area contributed by atoms with Gasteiger partial charge in [-0.05, 0) is 31.5 Å². The average Bonchev–Trinajstić information content (AvgIpc) is 3.07. The van der Waals surface area contributed by atoms with Gasteiger partial charge in [0, 0.05) is 30.6 Å². The minimum atomic E-state index is -0.836. The molecule has 1 fully saturated rings. The summed E-state index contributed by atoms with van der Waals surface area (Å²) < 4.78 is 0. The first-order valence-electron chi connectivity index (χ1n) is 6.47. The van der Waals surface area contributed by atoms with Crippen LogP contribution in [-0.2, 0) is 6.54 Å². The number of hydrogen-bond acceptors (Lipinski definition) is 4. The summed E-state index contributed by atoms with van der Waals surface area (Å²) in [7, 11) is 0. The molecule has 100 valence electrons. The molecule has 5 heteroatoms. The van der Waals surface area contributed by atoms with Crippen LogP contribution in [0.15, 0.2) is 12.1 Å². The molecule has 1 aliphatic rings. The second kappa shape index (κ2) is 6.31. The molecule has 0 amide bonds. The summed E-state index contributed by atoms with van der Waals surface area (Å²) in [5, 5.41) is 12.2. The second-order valence-corrected chi connectivity index (χ2v) is 5.78. The standard InChI is InChI=1S/C13H20N2O2S/c1-2-15(10-3-4-10)8-7-14-9-11-5-6-12(18-11)13(16)17/h5-6,10,14H,2-4,7-9H2,1H3,(H,16,17). The minimum absolute atomic E-state index is 0.417. The molecule has 18 heavy (non-hydrogen) atoms. The van der Waals surface area contributed by atoms with Crippen LogP contribution in [0.5, 0.6) is 0 Å². The second-order valence-electron chi connectivity index (χ2n) is 4.61. The van der Waals surface area contributed by atoms with Gasteiger partial charge in [-0.2, -0.15) is 0 Å². The van der Waals surface area contributed by atoms with E-state index >= 15 is 0 Å². The summed E-state index contributed by atoms with van der Waals surface area (Å²) in [6, 6.07) is 4.38. The van der Waals surface area contributed by atoms with E-state index in [0.717, 1.165) is 37.1 Å². The van der Waals surface area contributed by atoms with Gasteiger partial charge in [0.2, 0.25) is 0 Å². The number of hydrogen-bond donors (Lipinski definition) is 2. The van der Waals surface area contributed by atoms with Gasteiger partial charge in [-0.15, -0.1) is 11.3 Å². The fourth-order valence-electron chi connectivity index (χ4n) is 2.06. The Hall–Kier alpha value is -0.910. The highest BCUT2D eigenvalue weighted by Gasteiger charge is 2.26. The third-order valence-corrected chi connectivity index (χ3v) is 4.29. The predicted molar refractivity (Wildman–Crippen MR) is 73.3 cm³/mol. The maximum Gasteiger partial charge on any atom is 0.345 e. The highest BCUT2D eigenvalue weighted by atomic mass is 32.1. The molecule has 0 radical (unpaired) electrons. The zero-order chi connectivity index (χ0) is 13.0. The van der Waals surface area contributed by atoms with Gasteiger partial charge >= 0.3 is 5.97 Å². The molecule has 2 rings (SSSR count). The molecule has 2 N–H and O–H groups in total. The van der Waals surface area contributed by atoms with E-state index < -0.39 is 5.97 Å². The van der Waals surface area contributed by atoms with Crippen molar-refractivity contribution in [3.8, 4) is 0 Å². The molecule has 0 aromatic carbocycles. The molecule has 1 aromatic rings. The predicted octanol–water partition coefficient (Wildman–Crippen LogP) is 2.02. The quantitative estimate of drug-likeness (QED) is 0.708. The van der Waals surface area contributed by atoms with Gasteiger partial charge in [-0.25, -0.2) is 4.79 Å². The summed E-state index contributed by atoms with van der Waals surface area (Å²) in [6.45, 7) is 6.13. The SMILES string of the molecule is CCN(CCNCc1ccc(C(=O)O)s1)C1CC1. The summed E-state index contributed by atoms with van der Waals surface area (Å²) in [5.74, 6) is -0.836. The summed E-state index contributed by atoms with van der Waals surface area (Å²) in [6.07, 6.45) is 2.70. The summed E-state index contributed by atoms with van der Waals surface area (Å²) >= 11 is 1.35. The van der Waals surface area contributed by atoms with Crippen LogP contribution in [0.25, 0.3) is 0 Å². The molecule has 0 aliphatic heterocycles. The monoisotopic (exact) mass is 268 g/mol. The van der Waals surface area contributed by atoms with Crippen LogP contribution >= 0.6 is 11.3 Å². The lowest BCUT2D eigenvalue weighted by Gasteiger charge is -2.19.